The Morgan fingerprint density at radius 2 is 1.67 bits per heavy atom. The van der Waals surface area contributed by atoms with Crippen molar-refractivity contribution in [1.82, 2.24) is 40.6 Å². The van der Waals surface area contributed by atoms with Crippen LogP contribution in [0.1, 0.15) is 75.0 Å². The van der Waals surface area contributed by atoms with E-state index in [9.17, 15) is 14.9 Å². The molecule has 2 fully saturated rings. The second-order valence-electron chi connectivity index (χ2n) is 13.2. The summed E-state index contributed by atoms with van der Waals surface area (Å²) in [5.74, 6) is 1.09. The average molecular weight is 608 g/mol. The van der Waals surface area contributed by atoms with Gasteiger partial charge in [0.1, 0.15) is 6.04 Å². The number of hydrogen-bond acceptors (Lipinski definition) is 8. The van der Waals surface area contributed by atoms with Crippen LogP contribution in [0, 0.1) is 17.2 Å². The van der Waals surface area contributed by atoms with Crippen molar-refractivity contribution in [1.29, 1.82) is 5.26 Å². The highest BCUT2D eigenvalue weighted by molar-refractivity contribution is 5.95. The summed E-state index contributed by atoms with van der Waals surface area (Å²) in [6.45, 7) is 7.06. The molecule has 2 heterocycles. The third-order valence-electron chi connectivity index (χ3n) is 9.74. The summed E-state index contributed by atoms with van der Waals surface area (Å²) < 4.78 is 0. The Morgan fingerprint density at radius 3 is 2.18 bits per heavy atom. The summed E-state index contributed by atoms with van der Waals surface area (Å²) in [6.07, 6.45) is 4.02. The van der Waals surface area contributed by atoms with Crippen LogP contribution >= 0.6 is 0 Å². The van der Waals surface area contributed by atoms with Crippen molar-refractivity contribution in [3.05, 3.63) is 87.9 Å². The van der Waals surface area contributed by atoms with Crippen LogP contribution in [0.3, 0.4) is 0 Å². The van der Waals surface area contributed by atoms with Crippen molar-refractivity contribution in [2.24, 2.45) is 5.92 Å². The SMILES string of the molecule is C=C(CN[C@@H](C)CC1(c2nnn[nH]2)c2ccc(C(=O)N(C)C)cc2CCc2cc(C(=O)N(C)C)ccc21)N1C(C#N)C[C@@H]2C[C@@H]21. The standard InChI is InChI=1S/C34H41N9O2/c1-20(36-19-21(2)43-27(18-35)15-26-16-30(26)43)17-34(33-37-39-40-38-33)28-11-9-24(31(44)41(3)4)13-22(28)7-8-23-14-25(10-12-29(23)34)32(45)42(5)6/h9-14,20,26-27,30,36H,2,7-8,15-17,19H2,1,3-6H3,(H,37,38,39,40)/t20-,26+,27?,30-/m0/s1. The molecule has 11 nitrogen and oxygen atoms in total. The second kappa shape index (κ2) is 11.7. The molecule has 2 aliphatic carbocycles. The Hall–Kier alpha value is -4.56. The van der Waals surface area contributed by atoms with Crippen LogP contribution < -0.4 is 5.32 Å². The molecule has 45 heavy (non-hydrogen) atoms. The number of nitrogens with one attached hydrogen (secondary N) is 2. The number of carbonyl (C=O) groups excluding carboxylic acids is 2. The minimum atomic E-state index is -0.803. The smallest absolute Gasteiger partial charge is 0.253 e. The molecule has 0 bridgehead atoms. The van der Waals surface area contributed by atoms with E-state index in [4.69, 9.17) is 0 Å². The van der Waals surface area contributed by atoms with Crippen molar-refractivity contribution in [2.75, 3.05) is 34.7 Å². The van der Waals surface area contributed by atoms with Crippen LogP contribution in [0.2, 0.25) is 0 Å². The third kappa shape index (κ3) is 5.37. The summed E-state index contributed by atoms with van der Waals surface area (Å²) in [6, 6.07) is 14.6. The number of aromatic amines is 1. The second-order valence-corrected chi connectivity index (χ2v) is 13.2. The molecule has 4 atom stereocenters. The Morgan fingerprint density at radius 1 is 1.07 bits per heavy atom. The van der Waals surface area contributed by atoms with Gasteiger partial charge in [-0.1, -0.05) is 18.7 Å². The number of aryl methyl sites for hydroxylation is 2. The molecule has 0 spiro atoms. The molecule has 1 saturated carbocycles. The molecule has 1 aromatic heterocycles. The molecule has 2 amide bonds. The van der Waals surface area contributed by atoms with Gasteiger partial charge in [-0.25, -0.2) is 5.10 Å². The van der Waals surface area contributed by atoms with Crippen molar-refractivity contribution in [3.8, 4) is 6.07 Å². The number of hydrogen-bond donors (Lipinski definition) is 2. The highest BCUT2D eigenvalue weighted by atomic mass is 16.2. The number of rotatable bonds is 9. The number of H-pyrrole nitrogens is 1. The number of carbonyl (C=O) groups is 2. The van der Waals surface area contributed by atoms with Gasteiger partial charge in [-0.2, -0.15) is 5.26 Å². The summed E-state index contributed by atoms with van der Waals surface area (Å²) in [5, 5.41) is 29.0. The molecule has 1 saturated heterocycles. The lowest BCUT2D eigenvalue weighted by atomic mass is 9.67. The molecule has 3 aliphatic rings. The number of nitriles is 1. The first kappa shape index (κ1) is 30.5. The molecular weight excluding hydrogens is 566 g/mol. The first-order valence-electron chi connectivity index (χ1n) is 15.6. The number of piperidine rings is 1. The topological polar surface area (TPSA) is 134 Å². The van der Waals surface area contributed by atoms with Crippen LogP contribution in [0.5, 0.6) is 0 Å². The monoisotopic (exact) mass is 607 g/mol. The molecule has 6 rings (SSSR count). The zero-order chi connectivity index (χ0) is 32.0. The molecular formula is C34H41N9O2. The van der Waals surface area contributed by atoms with E-state index in [1.54, 1.807) is 38.0 Å². The normalized spacial score (nSPS) is 21.4. The van der Waals surface area contributed by atoms with Gasteiger partial charge in [0.05, 0.1) is 11.5 Å². The van der Waals surface area contributed by atoms with Crippen molar-refractivity contribution < 1.29 is 9.59 Å². The predicted molar refractivity (Wildman–Crippen MR) is 169 cm³/mol. The van der Waals surface area contributed by atoms with Gasteiger partial charge >= 0.3 is 0 Å². The quantitative estimate of drug-likeness (QED) is 0.379. The van der Waals surface area contributed by atoms with Gasteiger partial charge in [0.15, 0.2) is 5.82 Å². The minimum absolute atomic E-state index is 0.0324. The average Bonchev–Trinajstić information content (AvgIpc) is 3.42. The van der Waals surface area contributed by atoms with E-state index in [0.717, 1.165) is 40.8 Å². The van der Waals surface area contributed by atoms with Gasteiger partial charge in [0.2, 0.25) is 0 Å². The molecule has 11 heteroatoms. The highest BCUT2D eigenvalue weighted by Crippen LogP contribution is 2.49. The fraction of sp³-hybridized carbons (Fsp3) is 0.471. The van der Waals surface area contributed by atoms with E-state index >= 15 is 0 Å². The lowest BCUT2D eigenvalue weighted by molar-refractivity contribution is 0.0820. The van der Waals surface area contributed by atoms with Gasteiger partial charge in [-0.3, -0.25) is 9.59 Å². The number of aromatic nitrogens is 4. The Bertz CT molecular complexity index is 1600. The van der Waals surface area contributed by atoms with E-state index in [1.807, 2.05) is 36.4 Å². The zero-order valence-electron chi connectivity index (χ0n) is 26.7. The van der Waals surface area contributed by atoms with Gasteiger partial charge in [-0.15, -0.1) is 5.10 Å². The van der Waals surface area contributed by atoms with Gasteiger partial charge < -0.3 is 20.0 Å². The van der Waals surface area contributed by atoms with Crippen LogP contribution in [0.4, 0.5) is 0 Å². The number of benzene rings is 2. The summed E-state index contributed by atoms with van der Waals surface area (Å²) in [7, 11) is 7.01. The minimum Gasteiger partial charge on any atom is -0.355 e. The van der Waals surface area contributed by atoms with E-state index in [2.05, 4.69) is 50.4 Å². The number of likely N-dealkylation sites (tertiary alicyclic amines) is 1. The first-order chi connectivity index (χ1) is 21.5. The van der Waals surface area contributed by atoms with Gasteiger partial charge in [0, 0.05) is 63.6 Å². The Kier molecular flexibility index (Phi) is 7.95. The molecule has 2 N–H and O–H groups in total. The lowest BCUT2D eigenvalue weighted by Gasteiger charge is -2.37. The summed E-state index contributed by atoms with van der Waals surface area (Å²) in [5.41, 5.74) is 5.52. The highest BCUT2D eigenvalue weighted by Gasteiger charge is 2.52. The zero-order valence-corrected chi connectivity index (χ0v) is 26.7. The fourth-order valence-electron chi connectivity index (χ4n) is 7.48. The molecule has 234 valence electrons. The molecule has 1 unspecified atom stereocenters. The predicted octanol–water partition coefficient (Wildman–Crippen LogP) is 2.90. The van der Waals surface area contributed by atoms with E-state index < -0.39 is 5.41 Å². The molecule has 2 aromatic carbocycles. The fourth-order valence-corrected chi connectivity index (χ4v) is 7.48. The molecule has 3 aromatic rings. The van der Waals surface area contributed by atoms with Crippen LogP contribution in [0.25, 0.3) is 0 Å². The maximum atomic E-state index is 13.0. The molecule has 0 radical (unpaired) electrons. The first-order valence-corrected chi connectivity index (χ1v) is 15.6. The van der Waals surface area contributed by atoms with Crippen molar-refractivity contribution >= 4 is 11.8 Å². The Balaban J connectivity index is 1.42. The summed E-state index contributed by atoms with van der Waals surface area (Å²) >= 11 is 0. The maximum Gasteiger partial charge on any atom is 0.253 e. The third-order valence-corrected chi connectivity index (χ3v) is 9.74. The van der Waals surface area contributed by atoms with Crippen LogP contribution in [-0.2, 0) is 18.3 Å². The van der Waals surface area contributed by atoms with E-state index in [0.29, 0.717) is 54.7 Å². The van der Waals surface area contributed by atoms with Crippen LogP contribution in [-0.4, -0.2) is 100.0 Å². The maximum absolute atomic E-state index is 13.0. The van der Waals surface area contributed by atoms with Gasteiger partial charge in [0.25, 0.3) is 11.8 Å². The van der Waals surface area contributed by atoms with E-state index in [1.165, 1.54) is 0 Å². The van der Waals surface area contributed by atoms with Crippen molar-refractivity contribution in [2.45, 2.75) is 62.6 Å². The molecule has 1 aliphatic heterocycles. The lowest BCUT2D eigenvalue weighted by Crippen LogP contribution is -2.42. The van der Waals surface area contributed by atoms with Crippen LogP contribution in [0.15, 0.2) is 48.7 Å². The summed E-state index contributed by atoms with van der Waals surface area (Å²) in [4.78, 5) is 31.4. The van der Waals surface area contributed by atoms with Crippen molar-refractivity contribution in [3.63, 3.8) is 0 Å². The van der Waals surface area contributed by atoms with E-state index in [-0.39, 0.29) is 23.9 Å². The van der Waals surface area contributed by atoms with Gasteiger partial charge in [-0.05, 0) is 102 Å². The number of tetrazole rings is 1. The number of nitrogens with zero attached hydrogens (tertiary/aromatic N) is 7. The number of fused-ring (bicyclic) bond motifs is 3. The Labute approximate surface area is 264 Å². The largest absolute Gasteiger partial charge is 0.355 e. The number of amides is 2.